The first-order valence-electron chi connectivity index (χ1n) is 8.52. The van der Waals surface area contributed by atoms with Gasteiger partial charge in [0.1, 0.15) is 5.82 Å². The maximum Gasteiger partial charge on any atom is 0.314 e. The van der Waals surface area contributed by atoms with Gasteiger partial charge in [0.25, 0.3) is 0 Å². The van der Waals surface area contributed by atoms with E-state index in [1.807, 2.05) is 12.1 Å². The zero-order valence-corrected chi connectivity index (χ0v) is 15.5. The molecule has 0 spiro atoms. The molecule has 2 heterocycles. The summed E-state index contributed by atoms with van der Waals surface area (Å²) in [4.78, 5) is 13.1. The van der Waals surface area contributed by atoms with Crippen molar-refractivity contribution in [2.75, 3.05) is 25.0 Å². The van der Waals surface area contributed by atoms with Crippen LogP contribution in [0.2, 0.25) is 5.02 Å². The van der Waals surface area contributed by atoms with E-state index in [1.54, 1.807) is 12.3 Å². The second-order valence-electron chi connectivity index (χ2n) is 5.81. The van der Waals surface area contributed by atoms with Crippen LogP contribution in [0.5, 0.6) is 0 Å². The number of piperidine rings is 1. The first-order chi connectivity index (χ1) is 12.6. The molecule has 3 rings (SSSR count). The summed E-state index contributed by atoms with van der Waals surface area (Å²) in [5.41, 5.74) is 0.750. The van der Waals surface area contributed by atoms with Crippen LogP contribution in [0.4, 0.5) is 15.0 Å². The quantitative estimate of drug-likeness (QED) is 0.857. The summed E-state index contributed by atoms with van der Waals surface area (Å²) in [5, 5.41) is 13.0. The number of rotatable bonds is 3. The highest BCUT2D eigenvalue weighted by Gasteiger charge is 2.11. The zero-order chi connectivity index (χ0) is 18.8. The van der Waals surface area contributed by atoms with Gasteiger partial charge in [-0.15, -0.1) is 5.10 Å². The van der Waals surface area contributed by atoms with E-state index < -0.39 is 5.82 Å². The second-order valence-corrected chi connectivity index (χ2v) is 6.22. The SMILES string of the molecule is CNC(=O)NCc1ccc(F)c(Cl)c1.c1cnnc(N2CCCCC2)c1. The van der Waals surface area contributed by atoms with Crippen molar-refractivity contribution in [3.05, 3.63) is 52.9 Å². The molecule has 0 unspecified atom stereocenters. The maximum atomic E-state index is 12.7. The Kier molecular flexibility index (Phi) is 8.08. The minimum atomic E-state index is -0.463. The van der Waals surface area contributed by atoms with Gasteiger partial charge in [-0.2, -0.15) is 5.10 Å². The molecule has 0 atom stereocenters. The summed E-state index contributed by atoms with van der Waals surface area (Å²) >= 11 is 5.56. The number of benzene rings is 1. The molecule has 1 aliphatic rings. The number of aromatic nitrogens is 2. The zero-order valence-electron chi connectivity index (χ0n) is 14.7. The molecule has 1 aromatic heterocycles. The Balaban J connectivity index is 0.000000189. The number of amides is 2. The highest BCUT2D eigenvalue weighted by Crippen LogP contribution is 2.16. The van der Waals surface area contributed by atoms with E-state index in [0.29, 0.717) is 6.54 Å². The van der Waals surface area contributed by atoms with Crippen molar-refractivity contribution in [3.8, 4) is 0 Å². The van der Waals surface area contributed by atoms with E-state index in [9.17, 15) is 9.18 Å². The first kappa shape index (κ1) is 19.9. The Labute approximate surface area is 157 Å². The largest absolute Gasteiger partial charge is 0.355 e. The lowest BCUT2D eigenvalue weighted by Crippen LogP contribution is -2.32. The Morgan fingerprint density at radius 1 is 1.27 bits per heavy atom. The monoisotopic (exact) mass is 379 g/mol. The number of nitrogens with one attached hydrogen (secondary N) is 2. The van der Waals surface area contributed by atoms with Crippen molar-refractivity contribution in [3.63, 3.8) is 0 Å². The van der Waals surface area contributed by atoms with Crippen molar-refractivity contribution < 1.29 is 9.18 Å². The average Bonchev–Trinajstić information content (AvgIpc) is 2.70. The van der Waals surface area contributed by atoms with E-state index in [4.69, 9.17) is 11.6 Å². The maximum absolute atomic E-state index is 12.7. The minimum absolute atomic E-state index is 0.0567. The molecule has 8 heteroatoms. The fourth-order valence-corrected chi connectivity index (χ4v) is 2.71. The van der Waals surface area contributed by atoms with Crippen molar-refractivity contribution in [2.45, 2.75) is 25.8 Å². The van der Waals surface area contributed by atoms with Crippen molar-refractivity contribution >= 4 is 23.4 Å². The number of urea groups is 1. The molecular weight excluding hydrogens is 357 g/mol. The van der Waals surface area contributed by atoms with Gasteiger partial charge in [-0.05, 0) is 49.1 Å². The van der Waals surface area contributed by atoms with Gasteiger partial charge in [0.05, 0.1) is 5.02 Å². The van der Waals surface area contributed by atoms with Gasteiger partial charge in [0, 0.05) is 32.9 Å². The van der Waals surface area contributed by atoms with E-state index >= 15 is 0 Å². The molecule has 2 aromatic rings. The molecule has 140 valence electrons. The summed E-state index contributed by atoms with van der Waals surface area (Å²) in [6.45, 7) is 2.59. The van der Waals surface area contributed by atoms with Gasteiger partial charge in [-0.3, -0.25) is 0 Å². The van der Waals surface area contributed by atoms with E-state index in [0.717, 1.165) is 24.5 Å². The molecule has 0 saturated carbocycles. The van der Waals surface area contributed by atoms with Crippen LogP contribution in [-0.2, 0) is 6.54 Å². The second kappa shape index (κ2) is 10.6. The van der Waals surface area contributed by atoms with Crippen LogP contribution < -0.4 is 15.5 Å². The van der Waals surface area contributed by atoms with Crippen molar-refractivity contribution in [2.24, 2.45) is 0 Å². The Bertz CT molecular complexity index is 695. The normalized spacial score (nSPS) is 13.4. The number of halogens is 2. The molecule has 0 aliphatic carbocycles. The third-order valence-electron chi connectivity index (χ3n) is 3.90. The molecule has 1 fully saturated rings. The van der Waals surface area contributed by atoms with Crippen LogP contribution in [0.15, 0.2) is 36.5 Å². The minimum Gasteiger partial charge on any atom is -0.355 e. The fourth-order valence-electron chi connectivity index (χ4n) is 2.51. The number of carbonyl (C=O) groups excluding carboxylic acids is 1. The van der Waals surface area contributed by atoms with Crippen LogP contribution in [0.1, 0.15) is 24.8 Å². The van der Waals surface area contributed by atoms with Gasteiger partial charge in [0.2, 0.25) is 0 Å². The average molecular weight is 380 g/mol. The lowest BCUT2D eigenvalue weighted by atomic mass is 10.1. The smallest absolute Gasteiger partial charge is 0.314 e. The first-order valence-corrected chi connectivity index (χ1v) is 8.90. The Morgan fingerprint density at radius 2 is 2.04 bits per heavy atom. The van der Waals surface area contributed by atoms with Crippen LogP contribution >= 0.6 is 11.6 Å². The van der Waals surface area contributed by atoms with Crippen LogP contribution in [-0.4, -0.2) is 36.4 Å². The summed E-state index contributed by atoms with van der Waals surface area (Å²) in [7, 11) is 1.52. The molecule has 1 aromatic carbocycles. The van der Waals surface area contributed by atoms with Gasteiger partial charge >= 0.3 is 6.03 Å². The predicted molar refractivity (Wildman–Crippen MR) is 101 cm³/mol. The van der Waals surface area contributed by atoms with Crippen LogP contribution in [0, 0.1) is 5.82 Å². The van der Waals surface area contributed by atoms with Gasteiger partial charge in [0.15, 0.2) is 5.82 Å². The molecule has 2 amide bonds. The van der Waals surface area contributed by atoms with E-state index in [-0.39, 0.29) is 11.1 Å². The highest BCUT2D eigenvalue weighted by molar-refractivity contribution is 6.30. The van der Waals surface area contributed by atoms with E-state index in [1.165, 1.54) is 38.4 Å². The number of carbonyl (C=O) groups is 1. The standard InChI is InChI=1S/C9H10ClFN2O.C9H13N3/c1-12-9(14)13-5-6-2-3-8(11)7(10)4-6;1-2-7-12(8-3-1)9-5-4-6-10-11-9/h2-4H,5H2,1H3,(H2,12,13,14);4-6H,1-3,7-8H2. The van der Waals surface area contributed by atoms with Gasteiger partial charge < -0.3 is 15.5 Å². The number of hydrogen-bond acceptors (Lipinski definition) is 4. The summed E-state index contributed by atoms with van der Waals surface area (Å²) in [5.74, 6) is 0.563. The Hall–Kier alpha value is -2.41. The fraction of sp³-hybridized carbons (Fsp3) is 0.389. The molecule has 0 bridgehead atoms. The molecule has 0 radical (unpaired) electrons. The van der Waals surface area contributed by atoms with E-state index in [2.05, 4.69) is 25.7 Å². The predicted octanol–water partition coefficient (Wildman–Crippen LogP) is 3.38. The summed E-state index contributed by atoms with van der Waals surface area (Å²) < 4.78 is 12.7. The highest BCUT2D eigenvalue weighted by atomic mass is 35.5. The lowest BCUT2D eigenvalue weighted by molar-refractivity contribution is 0.242. The van der Waals surface area contributed by atoms with Gasteiger partial charge in [-0.1, -0.05) is 17.7 Å². The number of nitrogens with zero attached hydrogens (tertiary/aromatic N) is 3. The van der Waals surface area contributed by atoms with Gasteiger partial charge in [-0.25, -0.2) is 9.18 Å². The molecule has 2 N–H and O–H groups in total. The third kappa shape index (κ3) is 6.48. The molecule has 26 heavy (non-hydrogen) atoms. The summed E-state index contributed by atoms with van der Waals surface area (Å²) in [6.07, 6.45) is 5.65. The summed E-state index contributed by atoms with van der Waals surface area (Å²) in [6, 6.07) is 7.99. The third-order valence-corrected chi connectivity index (χ3v) is 4.19. The Morgan fingerprint density at radius 3 is 2.65 bits per heavy atom. The number of anilines is 1. The topological polar surface area (TPSA) is 70.1 Å². The van der Waals surface area contributed by atoms with Crippen LogP contribution in [0.3, 0.4) is 0 Å². The van der Waals surface area contributed by atoms with Crippen molar-refractivity contribution in [1.82, 2.24) is 20.8 Å². The van der Waals surface area contributed by atoms with Crippen molar-refractivity contribution in [1.29, 1.82) is 0 Å². The molecule has 1 saturated heterocycles. The van der Waals surface area contributed by atoms with Crippen LogP contribution in [0.25, 0.3) is 0 Å². The number of hydrogen-bond donors (Lipinski definition) is 2. The molecular formula is C18H23ClFN5O. The lowest BCUT2D eigenvalue weighted by Gasteiger charge is -2.26. The molecule has 1 aliphatic heterocycles. The molecule has 6 nitrogen and oxygen atoms in total.